The van der Waals surface area contributed by atoms with Crippen LogP contribution in [0, 0.1) is 11.6 Å². The molecule has 1 unspecified atom stereocenters. The Kier molecular flexibility index (Phi) is 4.43. The highest BCUT2D eigenvalue weighted by Gasteiger charge is 2.24. The third-order valence-corrected chi connectivity index (χ3v) is 5.16. The van der Waals surface area contributed by atoms with Crippen LogP contribution in [0.15, 0.2) is 47.4 Å². The predicted molar refractivity (Wildman–Crippen MR) is 80.3 cm³/mol. The molecule has 23 heavy (non-hydrogen) atoms. The van der Waals surface area contributed by atoms with Crippen LogP contribution in [0.2, 0.25) is 0 Å². The third kappa shape index (κ3) is 3.57. The fourth-order valence-corrected chi connectivity index (χ4v) is 3.66. The summed E-state index contributed by atoms with van der Waals surface area (Å²) in [6.07, 6.45) is 0.209. The van der Waals surface area contributed by atoms with Crippen molar-refractivity contribution in [1.82, 2.24) is 4.72 Å². The Morgan fingerprint density at radius 1 is 1.13 bits per heavy atom. The molecule has 4 nitrogen and oxygen atoms in total. The SMILES string of the molecule is O=S(=O)(NCC1Cc2ccccc2CO1)c1cc(F)ccc1F. The van der Waals surface area contributed by atoms with E-state index < -0.39 is 26.6 Å². The topological polar surface area (TPSA) is 55.4 Å². The fourth-order valence-electron chi connectivity index (χ4n) is 2.50. The molecular formula is C16H15F2NO3S. The summed E-state index contributed by atoms with van der Waals surface area (Å²) in [6.45, 7) is 0.392. The number of halogens is 2. The van der Waals surface area contributed by atoms with E-state index in [4.69, 9.17) is 4.74 Å². The predicted octanol–water partition coefficient (Wildman–Crippen LogP) is 2.38. The van der Waals surface area contributed by atoms with Crippen LogP contribution in [0.25, 0.3) is 0 Å². The van der Waals surface area contributed by atoms with Crippen LogP contribution in [0.1, 0.15) is 11.1 Å². The van der Waals surface area contributed by atoms with Crippen LogP contribution in [0.3, 0.4) is 0 Å². The van der Waals surface area contributed by atoms with Crippen molar-refractivity contribution in [3.8, 4) is 0 Å². The zero-order chi connectivity index (χ0) is 16.4. The molecule has 122 valence electrons. The first-order valence-corrected chi connectivity index (χ1v) is 8.57. The van der Waals surface area contributed by atoms with Gasteiger partial charge in [0.25, 0.3) is 0 Å². The molecule has 0 saturated carbocycles. The first-order valence-electron chi connectivity index (χ1n) is 7.09. The standard InChI is InChI=1S/C16H15F2NO3S/c17-13-5-6-15(18)16(8-13)23(20,21)19-9-14-7-11-3-1-2-4-12(11)10-22-14/h1-6,8,14,19H,7,9-10H2. The maximum Gasteiger partial charge on any atom is 0.243 e. The van der Waals surface area contributed by atoms with Crippen LogP contribution in [0.4, 0.5) is 8.78 Å². The minimum absolute atomic E-state index is 0.00732. The minimum Gasteiger partial charge on any atom is -0.372 e. The number of hydrogen-bond donors (Lipinski definition) is 1. The normalized spacial score (nSPS) is 17.7. The van der Waals surface area contributed by atoms with E-state index in [1.165, 1.54) is 0 Å². The highest BCUT2D eigenvalue weighted by atomic mass is 32.2. The summed E-state index contributed by atoms with van der Waals surface area (Å²) in [5.74, 6) is -1.80. The van der Waals surface area contributed by atoms with Gasteiger partial charge in [0, 0.05) is 13.0 Å². The molecule has 0 bridgehead atoms. The van der Waals surface area contributed by atoms with Gasteiger partial charge in [0.1, 0.15) is 16.5 Å². The summed E-state index contributed by atoms with van der Waals surface area (Å²) in [6, 6.07) is 10.1. The van der Waals surface area contributed by atoms with Crippen molar-refractivity contribution in [2.75, 3.05) is 6.54 Å². The lowest BCUT2D eigenvalue weighted by molar-refractivity contribution is 0.0322. The third-order valence-electron chi connectivity index (χ3n) is 3.72. The Bertz CT molecular complexity index is 824. The lowest BCUT2D eigenvalue weighted by Crippen LogP contribution is -2.37. The van der Waals surface area contributed by atoms with Crippen LogP contribution in [-0.2, 0) is 27.8 Å². The summed E-state index contributed by atoms with van der Waals surface area (Å²) in [5.41, 5.74) is 2.17. The molecule has 0 fully saturated rings. The van der Waals surface area contributed by atoms with E-state index in [9.17, 15) is 17.2 Å². The number of ether oxygens (including phenoxy) is 1. The maximum atomic E-state index is 13.6. The van der Waals surface area contributed by atoms with Gasteiger partial charge < -0.3 is 4.74 Å². The number of sulfonamides is 1. The second kappa shape index (κ2) is 6.35. The second-order valence-corrected chi connectivity index (χ2v) is 7.07. The van der Waals surface area contributed by atoms with Crippen molar-refractivity contribution in [2.24, 2.45) is 0 Å². The van der Waals surface area contributed by atoms with Crippen LogP contribution in [-0.4, -0.2) is 21.1 Å². The zero-order valence-corrected chi connectivity index (χ0v) is 12.9. The highest BCUT2D eigenvalue weighted by molar-refractivity contribution is 7.89. The molecule has 0 aromatic heterocycles. The molecule has 0 radical (unpaired) electrons. The first-order chi connectivity index (χ1) is 11.0. The molecule has 0 spiro atoms. The van der Waals surface area contributed by atoms with E-state index in [1.54, 1.807) is 0 Å². The average molecular weight is 339 g/mol. The van der Waals surface area contributed by atoms with Crippen molar-refractivity contribution in [3.63, 3.8) is 0 Å². The molecule has 3 rings (SSSR count). The average Bonchev–Trinajstić information content (AvgIpc) is 2.55. The molecule has 1 heterocycles. The number of rotatable bonds is 4. The molecule has 1 aliphatic rings. The van der Waals surface area contributed by atoms with Crippen LogP contribution in [0.5, 0.6) is 0 Å². The van der Waals surface area contributed by atoms with Gasteiger partial charge in [-0.15, -0.1) is 0 Å². The van der Waals surface area contributed by atoms with Gasteiger partial charge in [-0.05, 0) is 29.3 Å². The van der Waals surface area contributed by atoms with Crippen molar-refractivity contribution in [3.05, 3.63) is 65.2 Å². The highest BCUT2D eigenvalue weighted by Crippen LogP contribution is 2.21. The van der Waals surface area contributed by atoms with Crippen molar-refractivity contribution in [2.45, 2.75) is 24.0 Å². The monoisotopic (exact) mass is 339 g/mol. The number of benzene rings is 2. The largest absolute Gasteiger partial charge is 0.372 e. The van der Waals surface area contributed by atoms with Gasteiger partial charge in [0.2, 0.25) is 10.0 Å². The number of hydrogen-bond acceptors (Lipinski definition) is 3. The van der Waals surface area contributed by atoms with E-state index in [1.807, 2.05) is 24.3 Å². The van der Waals surface area contributed by atoms with Crippen molar-refractivity contribution < 1.29 is 21.9 Å². The van der Waals surface area contributed by atoms with E-state index in [0.717, 1.165) is 23.3 Å². The Balaban J connectivity index is 1.70. The van der Waals surface area contributed by atoms with Gasteiger partial charge in [0.15, 0.2) is 0 Å². The maximum absolute atomic E-state index is 13.6. The molecule has 1 atom stereocenters. The van der Waals surface area contributed by atoms with E-state index in [-0.39, 0.29) is 12.6 Å². The fraction of sp³-hybridized carbons (Fsp3) is 0.250. The molecule has 2 aromatic rings. The Hall–Kier alpha value is -1.83. The van der Waals surface area contributed by atoms with Gasteiger partial charge in [-0.3, -0.25) is 0 Å². The Morgan fingerprint density at radius 2 is 1.87 bits per heavy atom. The summed E-state index contributed by atoms with van der Waals surface area (Å²) in [4.78, 5) is -0.700. The lowest BCUT2D eigenvalue weighted by Gasteiger charge is -2.25. The molecule has 1 N–H and O–H groups in total. The summed E-state index contributed by atoms with van der Waals surface area (Å²) in [7, 11) is -4.14. The van der Waals surface area contributed by atoms with Gasteiger partial charge in [-0.25, -0.2) is 21.9 Å². The van der Waals surface area contributed by atoms with Crippen LogP contribution < -0.4 is 4.72 Å². The van der Waals surface area contributed by atoms with E-state index in [0.29, 0.717) is 19.1 Å². The summed E-state index contributed by atoms with van der Waals surface area (Å²) >= 11 is 0. The quantitative estimate of drug-likeness (QED) is 0.931. The van der Waals surface area contributed by atoms with Gasteiger partial charge in [-0.2, -0.15) is 0 Å². The van der Waals surface area contributed by atoms with Crippen LogP contribution >= 0.6 is 0 Å². The summed E-state index contributed by atoms with van der Waals surface area (Å²) in [5, 5.41) is 0. The second-order valence-electron chi connectivity index (χ2n) is 5.33. The van der Waals surface area contributed by atoms with Crippen molar-refractivity contribution in [1.29, 1.82) is 0 Å². The molecule has 1 aliphatic heterocycles. The Labute approximate surface area is 133 Å². The minimum atomic E-state index is -4.14. The van der Waals surface area contributed by atoms with E-state index >= 15 is 0 Å². The number of fused-ring (bicyclic) bond motifs is 1. The molecular weight excluding hydrogens is 324 g/mol. The summed E-state index contributed by atoms with van der Waals surface area (Å²) < 4.78 is 58.9. The number of nitrogens with one attached hydrogen (secondary N) is 1. The lowest BCUT2D eigenvalue weighted by atomic mass is 9.99. The van der Waals surface area contributed by atoms with E-state index in [2.05, 4.69) is 4.72 Å². The van der Waals surface area contributed by atoms with Gasteiger partial charge in [0.05, 0.1) is 12.7 Å². The molecule has 0 aliphatic carbocycles. The molecule has 2 aromatic carbocycles. The first kappa shape index (κ1) is 16.0. The Morgan fingerprint density at radius 3 is 2.65 bits per heavy atom. The van der Waals surface area contributed by atoms with Crippen molar-refractivity contribution >= 4 is 10.0 Å². The van der Waals surface area contributed by atoms with Gasteiger partial charge >= 0.3 is 0 Å². The zero-order valence-electron chi connectivity index (χ0n) is 12.1. The van der Waals surface area contributed by atoms with Gasteiger partial charge in [-0.1, -0.05) is 24.3 Å². The molecule has 0 saturated heterocycles. The molecule has 7 heteroatoms. The molecule has 0 amide bonds. The smallest absolute Gasteiger partial charge is 0.243 e.